The summed E-state index contributed by atoms with van der Waals surface area (Å²) in [6, 6.07) is 4.32. The highest BCUT2D eigenvalue weighted by molar-refractivity contribution is 5.97. The number of rotatable bonds is 6. The number of pyridine rings is 2. The van der Waals surface area contributed by atoms with E-state index in [0.29, 0.717) is 18.5 Å². The smallest absolute Gasteiger partial charge is 0.275 e. The molecule has 3 aromatic rings. The van der Waals surface area contributed by atoms with E-state index in [4.69, 9.17) is 0 Å². The van der Waals surface area contributed by atoms with Gasteiger partial charge in [0, 0.05) is 20.3 Å². The molecule has 0 aliphatic heterocycles. The van der Waals surface area contributed by atoms with Gasteiger partial charge in [0.25, 0.3) is 16.8 Å². The minimum atomic E-state index is -0.795. The van der Waals surface area contributed by atoms with Gasteiger partial charge in [-0.1, -0.05) is 18.9 Å². The average molecular weight is 453 g/mol. The third-order valence-electron chi connectivity index (χ3n) is 6.04. The lowest BCUT2D eigenvalue weighted by Crippen LogP contribution is -2.43. The summed E-state index contributed by atoms with van der Waals surface area (Å²) in [6.07, 6.45) is 4.25. The summed E-state index contributed by atoms with van der Waals surface area (Å²) >= 11 is 0. The van der Waals surface area contributed by atoms with Crippen molar-refractivity contribution in [2.24, 2.45) is 0 Å². The predicted molar refractivity (Wildman–Crippen MR) is 121 cm³/mol. The number of amides is 1. The van der Waals surface area contributed by atoms with Crippen molar-refractivity contribution in [2.45, 2.75) is 38.1 Å². The van der Waals surface area contributed by atoms with Gasteiger partial charge in [0.1, 0.15) is 11.4 Å². The van der Waals surface area contributed by atoms with Crippen LogP contribution in [0.1, 0.15) is 47.4 Å². The minimum absolute atomic E-state index is 0.0370. The summed E-state index contributed by atoms with van der Waals surface area (Å²) in [5, 5.41) is 16.5. The number of carbonyl (C=O) groups excluding carboxylic acids is 1. The van der Waals surface area contributed by atoms with Crippen LogP contribution in [0.2, 0.25) is 0 Å². The van der Waals surface area contributed by atoms with Crippen LogP contribution in [0.25, 0.3) is 0 Å². The number of nitrogens with zero attached hydrogens (tertiary/aromatic N) is 3. The Morgan fingerprint density at radius 2 is 1.79 bits per heavy atom. The van der Waals surface area contributed by atoms with E-state index in [9.17, 15) is 23.9 Å². The topological polar surface area (TPSA) is 125 Å². The summed E-state index contributed by atoms with van der Waals surface area (Å²) in [5.41, 5.74) is -1.11. The van der Waals surface area contributed by atoms with Crippen molar-refractivity contribution in [3.8, 4) is 5.75 Å². The number of nitrogens with one attached hydrogen (secondary N) is 2. The Kier molecular flexibility index (Phi) is 5.61. The lowest BCUT2D eigenvalue weighted by atomic mass is 9.88. The van der Waals surface area contributed by atoms with Crippen LogP contribution >= 0.6 is 0 Å². The van der Waals surface area contributed by atoms with E-state index in [1.807, 2.05) is 6.92 Å². The molecule has 0 unspecified atom stereocenters. The number of aromatic hydroxyl groups is 1. The van der Waals surface area contributed by atoms with Crippen molar-refractivity contribution in [3.63, 3.8) is 0 Å². The SMILES string of the molecule is Cc1ccc(F)nc1C1(Nc2c(Nc3ccnc(C(=O)N(C)C)c3O)c(=O)c2=O)CCCC1. The fourth-order valence-corrected chi connectivity index (χ4v) is 4.32. The van der Waals surface area contributed by atoms with Gasteiger partial charge in [0.05, 0.1) is 16.9 Å². The standard InChI is InChI=1S/C23H24FN5O4/c1-12-6-7-14(24)27-21(12)23(9-4-5-10-23)28-16-15(19(31)20(16)32)26-13-8-11-25-17(18(13)30)22(33)29(2)3/h6-8,11,28,30H,4-5,9-10H2,1-3H3,(H,25,26). The van der Waals surface area contributed by atoms with Gasteiger partial charge in [0.2, 0.25) is 5.95 Å². The summed E-state index contributed by atoms with van der Waals surface area (Å²) in [5.74, 6) is -1.57. The average Bonchev–Trinajstić information content (AvgIpc) is 3.27. The van der Waals surface area contributed by atoms with E-state index in [-0.39, 0.29) is 22.8 Å². The fraction of sp³-hybridized carbons (Fsp3) is 0.348. The molecule has 0 saturated heterocycles. The summed E-state index contributed by atoms with van der Waals surface area (Å²) in [4.78, 5) is 46.4. The van der Waals surface area contributed by atoms with Gasteiger partial charge in [-0.3, -0.25) is 14.4 Å². The van der Waals surface area contributed by atoms with Crippen molar-refractivity contribution < 1.29 is 14.3 Å². The molecule has 1 aliphatic rings. The summed E-state index contributed by atoms with van der Waals surface area (Å²) < 4.78 is 14.0. The van der Waals surface area contributed by atoms with Gasteiger partial charge in [-0.2, -0.15) is 4.39 Å². The number of aryl methyl sites for hydroxylation is 1. The molecule has 0 radical (unpaired) electrons. The van der Waals surface area contributed by atoms with Gasteiger partial charge in [-0.05, 0) is 37.5 Å². The zero-order chi connectivity index (χ0) is 23.9. The maximum absolute atomic E-state index is 14.0. The Labute approximate surface area is 189 Å². The first kappa shape index (κ1) is 22.4. The molecule has 0 atom stereocenters. The largest absolute Gasteiger partial charge is 0.504 e. The van der Waals surface area contributed by atoms with E-state index >= 15 is 0 Å². The molecule has 172 valence electrons. The van der Waals surface area contributed by atoms with Crippen LogP contribution in [-0.4, -0.2) is 40.0 Å². The van der Waals surface area contributed by atoms with Crippen LogP contribution in [0.15, 0.2) is 34.0 Å². The minimum Gasteiger partial charge on any atom is -0.504 e. The molecular weight excluding hydrogens is 429 g/mol. The number of halogens is 1. The summed E-state index contributed by atoms with van der Waals surface area (Å²) in [7, 11) is 3.04. The molecule has 2 heterocycles. The van der Waals surface area contributed by atoms with E-state index in [2.05, 4.69) is 20.6 Å². The molecule has 1 amide bonds. The van der Waals surface area contributed by atoms with Crippen LogP contribution in [0, 0.1) is 12.9 Å². The number of anilines is 3. The first-order chi connectivity index (χ1) is 15.6. The molecular formula is C23H24FN5O4. The Morgan fingerprint density at radius 3 is 2.45 bits per heavy atom. The molecule has 4 rings (SSSR count). The highest BCUT2D eigenvalue weighted by Gasteiger charge is 2.41. The Hall–Kier alpha value is -3.82. The Bertz CT molecular complexity index is 1310. The maximum Gasteiger partial charge on any atom is 0.275 e. The molecule has 1 fully saturated rings. The zero-order valence-corrected chi connectivity index (χ0v) is 18.5. The third kappa shape index (κ3) is 3.81. The van der Waals surface area contributed by atoms with Crippen LogP contribution in [0.4, 0.5) is 21.5 Å². The molecule has 9 nitrogen and oxygen atoms in total. The summed E-state index contributed by atoms with van der Waals surface area (Å²) in [6.45, 7) is 1.82. The Balaban J connectivity index is 1.71. The first-order valence-corrected chi connectivity index (χ1v) is 10.6. The van der Waals surface area contributed by atoms with E-state index in [1.54, 1.807) is 6.07 Å². The zero-order valence-electron chi connectivity index (χ0n) is 18.5. The van der Waals surface area contributed by atoms with Crippen LogP contribution in [0.5, 0.6) is 5.75 Å². The lowest BCUT2D eigenvalue weighted by Gasteiger charge is -2.33. The van der Waals surface area contributed by atoms with E-state index < -0.39 is 34.0 Å². The van der Waals surface area contributed by atoms with Crippen molar-refractivity contribution in [3.05, 3.63) is 67.7 Å². The predicted octanol–water partition coefficient (Wildman–Crippen LogP) is 2.55. The second kappa shape index (κ2) is 8.27. The first-order valence-electron chi connectivity index (χ1n) is 10.6. The highest BCUT2D eigenvalue weighted by Crippen LogP contribution is 2.43. The molecule has 10 heteroatoms. The molecule has 0 spiro atoms. The van der Waals surface area contributed by atoms with Gasteiger partial charge < -0.3 is 20.6 Å². The second-order valence-electron chi connectivity index (χ2n) is 8.50. The van der Waals surface area contributed by atoms with Gasteiger partial charge in [-0.25, -0.2) is 9.97 Å². The third-order valence-corrected chi connectivity index (χ3v) is 6.04. The van der Waals surface area contributed by atoms with E-state index in [0.717, 1.165) is 18.4 Å². The quantitative estimate of drug-likeness (QED) is 0.384. The molecule has 33 heavy (non-hydrogen) atoms. The normalized spacial score (nSPS) is 14.9. The van der Waals surface area contributed by atoms with Crippen molar-refractivity contribution in [1.82, 2.24) is 14.9 Å². The van der Waals surface area contributed by atoms with Gasteiger partial charge >= 0.3 is 0 Å². The molecule has 0 bridgehead atoms. The van der Waals surface area contributed by atoms with Gasteiger partial charge in [-0.15, -0.1) is 0 Å². The van der Waals surface area contributed by atoms with Crippen molar-refractivity contribution in [1.29, 1.82) is 0 Å². The lowest BCUT2D eigenvalue weighted by molar-refractivity contribution is 0.0819. The Morgan fingerprint density at radius 1 is 1.12 bits per heavy atom. The number of hydrogen-bond acceptors (Lipinski definition) is 8. The van der Waals surface area contributed by atoms with Crippen LogP contribution in [-0.2, 0) is 5.54 Å². The molecule has 2 aromatic heterocycles. The monoisotopic (exact) mass is 453 g/mol. The van der Waals surface area contributed by atoms with E-state index in [1.165, 1.54) is 37.3 Å². The maximum atomic E-state index is 14.0. The van der Waals surface area contributed by atoms with Gasteiger partial charge in [0.15, 0.2) is 11.4 Å². The van der Waals surface area contributed by atoms with Crippen molar-refractivity contribution in [2.75, 3.05) is 24.7 Å². The highest BCUT2D eigenvalue weighted by atomic mass is 19.1. The fourth-order valence-electron chi connectivity index (χ4n) is 4.32. The van der Waals surface area contributed by atoms with Crippen LogP contribution in [0.3, 0.4) is 0 Å². The van der Waals surface area contributed by atoms with Crippen LogP contribution < -0.4 is 21.5 Å². The molecule has 1 aliphatic carbocycles. The second-order valence-corrected chi connectivity index (χ2v) is 8.50. The molecule has 3 N–H and O–H groups in total. The number of aromatic nitrogens is 2. The van der Waals surface area contributed by atoms with Crippen molar-refractivity contribution >= 4 is 23.0 Å². The number of hydrogen-bond donors (Lipinski definition) is 3. The molecule has 1 saturated carbocycles. The molecule has 1 aromatic carbocycles. The number of carbonyl (C=O) groups is 1.